The van der Waals surface area contributed by atoms with Gasteiger partial charge in [0.2, 0.25) is 5.91 Å². The van der Waals surface area contributed by atoms with Crippen LogP contribution < -0.4 is 10.6 Å². The number of benzene rings is 1. The molecule has 0 bridgehead atoms. The maximum absolute atomic E-state index is 12.3. The van der Waals surface area contributed by atoms with Crippen molar-refractivity contribution in [3.63, 3.8) is 0 Å². The molecule has 2 aliphatic rings. The first kappa shape index (κ1) is 11.7. The Morgan fingerprint density at radius 2 is 2.00 bits per heavy atom. The van der Waals surface area contributed by atoms with Crippen LogP contribution in [0.25, 0.3) is 0 Å². The SMILES string of the molecule is CC(C(=O)NC1(c2ccccc2)CC1)C1CNC1. The monoisotopic (exact) mass is 244 g/mol. The van der Waals surface area contributed by atoms with Crippen LogP contribution in [0.5, 0.6) is 0 Å². The zero-order chi connectivity index (χ0) is 12.6. The molecule has 2 fully saturated rings. The van der Waals surface area contributed by atoms with Gasteiger partial charge in [0.05, 0.1) is 5.54 Å². The molecule has 1 aliphatic heterocycles. The summed E-state index contributed by atoms with van der Waals surface area (Å²) in [5, 5.41) is 6.49. The molecule has 2 N–H and O–H groups in total. The van der Waals surface area contributed by atoms with Crippen molar-refractivity contribution in [3.8, 4) is 0 Å². The molecule has 1 aliphatic carbocycles. The molecular weight excluding hydrogens is 224 g/mol. The Balaban J connectivity index is 1.67. The molecule has 1 aromatic carbocycles. The molecule has 0 aromatic heterocycles. The molecule has 1 heterocycles. The Morgan fingerprint density at radius 3 is 2.50 bits per heavy atom. The molecule has 3 rings (SSSR count). The van der Waals surface area contributed by atoms with Gasteiger partial charge in [-0.2, -0.15) is 0 Å². The van der Waals surface area contributed by atoms with Crippen LogP contribution >= 0.6 is 0 Å². The van der Waals surface area contributed by atoms with Gasteiger partial charge in [-0.25, -0.2) is 0 Å². The Hall–Kier alpha value is -1.35. The van der Waals surface area contributed by atoms with Gasteiger partial charge in [-0.1, -0.05) is 37.3 Å². The number of nitrogens with one attached hydrogen (secondary N) is 2. The summed E-state index contributed by atoms with van der Waals surface area (Å²) in [5.74, 6) is 0.840. The van der Waals surface area contributed by atoms with Crippen LogP contribution in [-0.4, -0.2) is 19.0 Å². The summed E-state index contributed by atoms with van der Waals surface area (Å²) in [6.07, 6.45) is 2.14. The summed E-state index contributed by atoms with van der Waals surface area (Å²) in [4.78, 5) is 12.3. The predicted molar refractivity (Wildman–Crippen MR) is 71.0 cm³/mol. The first-order valence-corrected chi connectivity index (χ1v) is 6.79. The summed E-state index contributed by atoms with van der Waals surface area (Å²) in [6.45, 7) is 4.00. The minimum Gasteiger partial charge on any atom is -0.346 e. The van der Waals surface area contributed by atoms with Gasteiger partial charge in [0.15, 0.2) is 0 Å². The first-order valence-electron chi connectivity index (χ1n) is 6.79. The maximum Gasteiger partial charge on any atom is 0.223 e. The second-order valence-electron chi connectivity index (χ2n) is 5.64. The van der Waals surface area contributed by atoms with Gasteiger partial charge in [0.25, 0.3) is 0 Å². The highest BCUT2D eigenvalue weighted by atomic mass is 16.2. The summed E-state index contributed by atoms with van der Waals surface area (Å²) in [5.41, 5.74) is 1.18. The molecule has 1 aromatic rings. The van der Waals surface area contributed by atoms with Crippen LogP contribution in [0.4, 0.5) is 0 Å². The quantitative estimate of drug-likeness (QED) is 0.845. The third kappa shape index (κ3) is 2.03. The Labute approximate surface area is 108 Å². The van der Waals surface area contributed by atoms with Crippen molar-refractivity contribution in [2.45, 2.75) is 25.3 Å². The lowest BCUT2D eigenvalue weighted by molar-refractivity contribution is -0.127. The summed E-state index contributed by atoms with van der Waals surface area (Å²) in [6, 6.07) is 10.3. The summed E-state index contributed by atoms with van der Waals surface area (Å²) >= 11 is 0. The molecule has 18 heavy (non-hydrogen) atoms. The average Bonchev–Trinajstić information content (AvgIpc) is 3.09. The lowest BCUT2D eigenvalue weighted by Crippen LogP contribution is -2.51. The van der Waals surface area contributed by atoms with Gasteiger partial charge in [-0.3, -0.25) is 4.79 Å². The smallest absolute Gasteiger partial charge is 0.223 e. The molecule has 1 unspecified atom stereocenters. The maximum atomic E-state index is 12.3. The highest BCUT2D eigenvalue weighted by molar-refractivity contribution is 5.80. The minimum absolute atomic E-state index is 0.0657. The Morgan fingerprint density at radius 1 is 1.33 bits per heavy atom. The van der Waals surface area contributed by atoms with Crippen LogP contribution in [-0.2, 0) is 10.3 Å². The van der Waals surface area contributed by atoms with Gasteiger partial charge in [-0.15, -0.1) is 0 Å². The Bertz CT molecular complexity index is 435. The van der Waals surface area contributed by atoms with E-state index in [0.717, 1.165) is 25.9 Å². The van der Waals surface area contributed by atoms with Crippen molar-refractivity contribution in [1.29, 1.82) is 0 Å². The molecule has 1 atom stereocenters. The number of hydrogen-bond acceptors (Lipinski definition) is 2. The van der Waals surface area contributed by atoms with Crippen LogP contribution in [0.1, 0.15) is 25.3 Å². The van der Waals surface area contributed by atoms with Gasteiger partial charge in [0, 0.05) is 5.92 Å². The van der Waals surface area contributed by atoms with E-state index in [1.165, 1.54) is 5.56 Å². The molecular formula is C15H20N2O. The zero-order valence-electron chi connectivity index (χ0n) is 10.8. The standard InChI is InChI=1S/C15H20N2O/c1-11(12-9-16-10-12)14(18)17-15(7-8-15)13-5-3-2-4-6-13/h2-6,11-12,16H,7-10H2,1H3,(H,17,18). The number of rotatable bonds is 4. The highest BCUT2D eigenvalue weighted by Crippen LogP contribution is 2.45. The van der Waals surface area contributed by atoms with E-state index in [2.05, 4.69) is 22.8 Å². The van der Waals surface area contributed by atoms with Crippen molar-refractivity contribution < 1.29 is 4.79 Å². The topological polar surface area (TPSA) is 41.1 Å². The number of amides is 1. The van der Waals surface area contributed by atoms with Crippen molar-refractivity contribution in [3.05, 3.63) is 35.9 Å². The van der Waals surface area contributed by atoms with Crippen LogP contribution in [0.15, 0.2) is 30.3 Å². The lowest BCUT2D eigenvalue weighted by atomic mass is 9.88. The highest BCUT2D eigenvalue weighted by Gasteiger charge is 2.46. The van der Waals surface area contributed by atoms with Crippen molar-refractivity contribution in [2.75, 3.05) is 13.1 Å². The third-order valence-corrected chi connectivity index (χ3v) is 4.37. The molecule has 0 radical (unpaired) electrons. The molecule has 3 nitrogen and oxygen atoms in total. The third-order valence-electron chi connectivity index (χ3n) is 4.37. The molecule has 3 heteroatoms. The number of carbonyl (C=O) groups is 1. The number of hydrogen-bond donors (Lipinski definition) is 2. The summed E-state index contributed by atoms with van der Waals surface area (Å²) in [7, 11) is 0. The minimum atomic E-state index is -0.0657. The normalized spacial score (nSPS) is 22.9. The fraction of sp³-hybridized carbons (Fsp3) is 0.533. The largest absolute Gasteiger partial charge is 0.346 e. The predicted octanol–water partition coefficient (Wildman–Crippen LogP) is 1.65. The number of carbonyl (C=O) groups excluding carboxylic acids is 1. The van der Waals surface area contributed by atoms with E-state index >= 15 is 0 Å². The molecule has 0 spiro atoms. The van der Waals surface area contributed by atoms with Crippen molar-refractivity contribution in [2.24, 2.45) is 11.8 Å². The second-order valence-corrected chi connectivity index (χ2v) is 5.64. The fourth-order valence-corrected chi connectivity index (χ4v) is 2.60. The lowest BCUT2D eigenvalue weighted by Gasteiger charge is -2.33. The van der Waals surface area contributed by atoms with Gasteiger partial charge in [-0.05, 0) is 37.4 Å². The van der Waals surface area contributed by atoms with Gasteiger partial charge < -0.3 is 10.6 Å². The molecule has 96 valence electrons. The van der Waals surface area contributed by atoms with E-state index in [1.54, 1.807) is 0 Å². The van der Waals surface area contributed by atoms with E-state index in [-0.39, 0.29) is 17.4 Å². The molecule has 1 saturated heterocycles. The van der Waals surface area contributed by atoms with Crippen LogP contribution in [0.2, 0.25) is 0 Å². The zero-order valence-corrected chi connectivity index (χ0v) is 10.8. The van der Waals surface area contributed by atoms with E-state index in [9.17, 15) is 4.79 Å². The van der Waals surface area contributed by atoms with E-state index in [0.29, 0.717) is 5.92 Å². The van der Waals surface area contributed by atoms with Crippen molar-refractivity contribution >= 4 is 5.91 Å². The summed E-state index contributed by atoms with van der Waals surface area (Å²) < 4.78 is 0. The second kappa shape index (κ2) is 4.39. The van der Waals surface area contributed by atoms with E-state index < -0.39 is 0 Å². The average molecular weight is 244 g/mol. The van der Waals surface area contributed by atoms with Gasteiger partial charge in [0.1, 0.15) is 0 Å². The van der Waals surface area contributed by atoms with Crippen LogP contribution in [0, 0.1) is 11.8 Å². The van der Waals surface area contributed by atoms with E-state index in [1.807, 2.05) is 25.1 Å². The van der Waals surface area contributed by atoms with Gasteiger partial charge >= 0.3 is 0 Å². The van der Waals surface area contributed by atoms with E-state index in [4.69, 9.17) is 0 Å². The molecule has 1 amide bonds. The molecule has 1 saturated carbocycles. The van der Waals surface area contributed by atoms with Crippen molar-refractivity contribution in [1.82, 2.24) is 10.6 Å². The van der Waals surface area contributed by atoms with Crippen LogP contribution in [0.3, 0.4) is 0 Å². The first-order chi connectivity index (χ1) is 8.71. The Kier molecular flexibility index (Phi) is 2.86. The fourth-order valence-electron chi connectivity index (χ4n) is 2.60.